The van der Waals surface area contributed by atoms with Gasteiger partial charge < -0.3 is 0 Å². The van der Waals surface area contributed by atoms with E-state index in [0.29, 0.717) is 0 Å². The van der Waals surface area contributed by atoms with E-state index in [1.807, 2.05) is 23.5 Å². The molecule has 0 saturated heterocycles. The van der Waals surface area contributed by atoms with Gasteiger partial charge in [0.1, 0.15) is 0 Å². The molecule has 0 saturated carbocycles. The second-order valence-electron chi connectivity index (χ2n) is 3.40. The highest BCUT2D eigenvalue weighted by molar-refractivity contribution is 8.04. The van der Waals surface area contributed by atoms with Crippen LogP contribution in [0.2, 0.25) is 0 Å². The Balaban J connectivity index is 3.26. The van der Waals surface area contributed by atoms with Crippen molar-refractivity contribution in [1.29, 1.82) is 0 Å². The van der Waals surface area contributed by atoms with Crippen LogP contribution in [0.3, 0.4) is 0 Å². The van der Waals surface area contributed by atoms with Gasteiger partial charge in [-0.3, -0.25) is 0 Å². The monoisotopic (exact) mass is 334 g/mol. The van der Waals surface area contributed by atoms with Crippen LogP contribution >= 0.6 is 73.2 Å². The molecule has 0 spiro atoms. The molecule has 0 bridgehead atoms. The number of thioether (sulfide) groups is 3. The molecule has 0 amide bonds. The highest BCUT2D eigenvalue weighted by Gasteiger charge is 2.21. The second kappa shape index (κ2) is 12.2. The molecule has 0 nitrogen and oxygen atoms in total. The molecule has 0 aromatic carbocycles. The summed E-state index contributed by atoms with van der Waals surface area (Å²) in [6.45, 7) is 2.21. The first kappa shape index (κ1) is 18.1. The van der Waals surface area contributed by atoms with E-state index in [1.165, 1.54) is 28.8 Å². The minimum Gasteiger partial charge on any atom is -0.178 e. The highest BCUT2D eigenvalue weighted by Crippen LogP contribution is 2.24. The Labute approximate surface area is 130 Å². The summed E-state index contributed by atoms with van der Waals surface area (Å²) >= 11 is 19.3. The van der Waals surface area contributed by atoms with Crippen molar-refractivity contribution < 1.29 is 0 Å². The largest absolute Gasteiger partial charge is 0.178 e. The van der Waals surface area contributed by atoms with E-state index in [2.05, 4.69) is 56.6 Å². The zero-order valence-corrected chi connectivity index (χ0v) is 14.9. The maximum atomic E-state index is 4.61. The van der Waals surface area contributed by atoms with Crippen molar-refractivity contribution in [2.24, 2.45) is 0 Å². The van der Waals surface area contributed by atoms with Gasteiger partial charge >= 0.3 is 0 Å². The molecule has 0 aliphatic rings. The van der Waals surface area contributed by atoms with E-state index in [0.717, 1.165) is 17.3 Å². The Bertz CT molecular complexity index is 148. The average Bonchev–Trinajstić information content (AvgIpc) is 2.32. The summed E-state index contributed by atoms with van der Waals surface area (Å²) < 4.78 is -0.000379. The van der Waals surface area contributed by atoms with Crippen LogP contribution < -0.4 is 0 Å². The minimum atomic E-state index is -0.000379. The predicted octanol–water partition coefficient (Wildman–Crippen LogP) is 3.73. The maximum Gasteiger partial charge on any atom is 0.0395 e. The van der Waals surface area contributed by atoms with E-state index in [1.54, 1.807) is 0 Å². The summed E-state index contributed by atoms with van der Waals surface area (Å²) in [5, 5.41) is 0. The van der Waals surface area contributed by atoms with E-state index in [-0.39, 0.29) is 4.75 Å². The summed E-state index contributed by atoms with van der Waals surface area (Å²) in [5.74, 6) is 8.91. The molecule has 0 aromatic heterocycles. The third-order valence-corrected chi connectivity index (χ3v) is 7.96. The summed E-state index contributed by atoms with van der Waals surface area (Å²) in [6.07, 6.45) is 0. The molecule has 16 heavy (non-hydrogen) atoms. The van der Waals surface area contributed by atoms with E-state index < -0.39 is 0 Å². The molecule has 6 heteroatoms. The van der Waals surface area contributed by atoms with E-state index in [4.69, 9.17) is 0 Å². The topological polar surface area (TPSA) is 0 Å². The fourth-order valence-corrected chi connectivity index (χ4v) is 5.19. The van der Waals surface area contributed by atoms with Gasteiger partial charge in [0.2, 0.25) is 0 Å². The molecule has 0 atom stereocenters. The molecule has 98 valence electrons. The fraction of sp³-hybridized carbons (Fsp3) is 1.00. The number of rotatable bonds is 11. The normalized spacial score (nSPS) is 12.0. The first-order chi connectivity index (χ1) is 7.68. The van der Waals surface area contributed by atoms with Crippen molar-refractivity contribution in [3.63, 3.8) is 0 Å². The van der Waals surface area contributed by atoms with Crippen LogP contribution in [0.15, 0.2) is 0 Å². The third-order valence-electron chi connectivity index (χ3n) is 1.91. The summed E-state index contributed by atoms with van der Waals surface area (Å²) in [6, 6.07) is 0. The molecule has 0 aliphatic carbocycles. The van der Waals surface area contributed by atoms with Gasteiger partial charge in [0, 0.05) is 45.0 Å². The molecular formula is C10H22S6. The Morgan fingerprint density at radius 2 is 1.38 bits per heavy atom. The first-order valence-electron chi connectivity index (χ1n) is 5.36. The molecule has 0 fully saturated rings. The zero-order valence-electron chi connectivity index (χ0n) is 9.72. The molecular weight excluding hydrogens is 313 g/mol. The van der Waals surface area contributed by atoms with Gasteiger partial charge in [0.15, 0.2) is 0 Å². The highest BCUT2D eigenvalue weighted by atomic mass is 32.2. The van der Waals surface area contributed by atoms with Crippen molar-refractivity contribution >= 4 is 73.2 Å². The van der Waals surface area contributed by atoms with Crippen molar-refractivity contribution in [3.8, 4) is 0 Å². The van der Waals surface area contributed by atoms with Gasteiger partial charge in [0.25, 0.3) is 0 Å². The molecule has 0 rings (SSSR count). The van der Waals surface area contributed by atoms with Gasteiger partial charge in [-0.25, -0.2) is 0 Å². The zero-order chi connectivity index (χ0) is 12.3. The van der Waals surface area contributed by atoms with Crippen LogP contribution in [0.5, 0.6) is 0 Å². The van der Waals surface area contributed by atoms with Crippen molar-refractivity contribution in [3.05, 3.63) is 0 Å². The molecule has 0 unspecified atom stereocenters. The van der Waals surface area contributed by atoms with Crippen LogP contribution in [-0.2, 0) is 0 Å². The molecule has 0 radical (unpaired) electrons. The lowest BCUT2D eigenvalue weighted by atomic mass is 10.2. The number of hydrogen-bond donors (Lipinski definition) is 3. The van der Waals surface area contributed by atoms with Crippen molar-refractivity contribution in [2.75, 3.05) is 46.0 Å². The van der Waals surface area contributed by atoms with Gasteiger partial charge in [-0.15, -0.1) is 0 Å². The van der Waals surface area contributed by atoms with Crippen molar-refractivity contribution in [2.45, 2.75) is 11.7 Å². The Morgan fingerprint density at radius 1 is 0.875 bits per heavy atom. The summed E-state index contributed by atoms with van der Waals surface area (Å²) in [7, 11) is 0. The lowest BCUT2D eigenvalue weighted by molar-refractivity contribution is 0.859. The summed E-state index contributed by atoms with van der Waals surface area (Å²) in [5.41, 5.74) is 0. The second-order valence-corrected chi connectivity index (χ2v) is 8.71. The average molecular weight is 335 g/mol. The van der Waals surface area contributed by atoms with Crippen LogP contribution in [0, 0.1) is 0 Å². The number of thiol groups is 3. The lowest BCUT2D eigenvalue weighted by Gasteiger charge is -2.23. The summed E-state index contributed by atoms with van der Waals surface area (Å²) in [4.78, 5) is 0. The molecule has 0 heterocycles. The predicted molar refractivity (Wildman–Crippen MR) is 97.1 cm³/mol. The third kappa shape index (κ3) is 10.1. The molecule has 0 N–H and O–H groups in total. The van der Waals surface area contributed by atoms with Crippen LogP contribution in [0.1, 0.15) is 6.92 Å². The SMILES string of the molecule is CCSCCSCCSCC(S)(CS)CS. The molecule has 0 aliphatic heterocycles. The van der Waals surface area contributed by atoms with Crippen LogP contribution in [0.25, 0.3) is 0 Å². The van der Waals surface area contributed by atoms with Gasteiger partial charge in [-0.1, -0.05) is 6.92 Å². The first-order valence-corrected chi connectivity index (χ1v) is 10.5. The fourth-order valence-electron chi connectivity index (χ4n) is 0.886. The standard InChI is InChI=1S/C10H22S6/c1-2-14-3-4-15-5-6-16-9-10(13,7-11)8-12/h11-13H,2-9H2,1H3. The van der Waals surface area contributed by atoms with E-state index in [9.17, 15) is 0 Å². The lowest BCUT2D eigenvalue weighted by Crippen LogP contribution is -2.29. The Morgan fingerprint density at radius 3 is 1.88 bits per heavy atom. The Kier molecular flexibility index (Phi) is 13.7. The number of hydrogen-bond acceptors (Lipinski definition) is 6. The van der Waals surface area contributed by atoms with Crippen LogP contribution in [-0.4, -0.2) is 50.8 Å². The Hall–Kier alpha value is 2.10. The maximum absolute atomic E-state index is 4.61. The van der Waals surface area contributed by atoms with Crippen molar-refractivity contribution in [1.82, 2.24) is 0 Å². The van der Waals surface area contributed by atoms with E-state index >= 15 is 0 Å². The van der Waals surface area contributed by atoms with Gasteiger partial charge in [0.05, 0.1) is 0 Å². The minimum absolute atomic E-state index is 0.000379. The van der Waals surface area contributed by atoms with Crippen LogP contribution in [0.4, 0.5) is 0 Å². The quantitative estimate of drug-likeness (QED) is 0.389. The van der Waals surface area contributed by atoms with Gasteiger partial charge in [-0.2, -0.15) is 73.2 Å². The smallest absolute Gasteiger partial charge is 0.0395 e. The van der Waals surface area contributed by atoms with Gasteiger partial charge in [-0.05, 0) is 5.75 Å². The molecule has 0 aromatic rings.